The van der Waals surface area contributed by atoms with Gasteiger partial charge in [0.05, 0.1) is 28.2 Å². The molecule has 5 nitrogen and oxygen atoms in total. The van der Waals surface area contributed by atoms with E-state index in [0.29, 0.717) is 51.5 Å². The lowest BCUT2D eigenvalue weighted by Gasteiger charge is -2.13. The lowest BCUT2D eigenvalue weighted by molar-refractivity contribution is 0.0982. The van der Waals surface area contributed by atoms with Gasteiger partial charge in [0.2, 0.25) is 0 Å². The van der Waals surface area contributed by atoms with E-state index < -0.39 is 0 Å². The van der Waals surface area contributed by atoms with Crippen LogP contribution in [0.5, 0.6) is 0 Å². The fraction of sp³-hybridized carbons (Fsp3) is 0.120. The van der Waals surface area contributed by atoms with Crippen molar-refractivity contribution < 1.29 is 9.18 Å². The molecule has 1 aromatic heterocycles. The Morgan fingerprint density at radius 3 is 2.47 bits per heavy atom. The van der Waals surface area contributed by atoms with Gasteiger partial charge >= 0.3 is 0 Å². The molecule has 0 saturated carbocycles. The Bertz CT molecular complexity index is 1370. The minimum atomic E-state index is -0.375. The van der Waals surface area contributed by atoms with Crippen LogP contribution >= 0.6 is 11.8 Å². The number of carbonyl (C=O) groups excluding carboxylic acids is 1. The lowest BCUT2D eigenvalue weighted by Crippen LogP contribution is -2.21. The number of rotatable bonds is 7. The first kappa shape index (κ1) is 21.5. The fourth-order valence-corrected chi connectivity index (χ4v) is 4.25. The molecule has 0 bridgehead atoms. The summed E-state index contributed by atoms with van der Waals surface area (Å²) in [6.07, 6.45) is 0.893. The molecule has 4 rings (SSSR count). The number of Topliss-reactive ketones (excluding diaryl/α,β-unsaturated/α-hetero) is 1. The van der Waals surface area contributed by atoms with Gasteiger partial charge in [0.15, 0.2) is 10.9 Å². The number of aromatic nitrogens is 2. The van der Waals surface area contributed by atoms with Crippen LogP contribution in [0.3, 0.4) is 0 Å². The van der Waals surface area contributed by atoms with Crippen LogP contribution in [0.15, 0.2) is 82.7 Å². The zero-order valence-electron chi connectivity index (χ0n) is 17.0. The summed E-state index contributed by atoms with van der Waals surface area (Å²) in [6, 6.07) is 21.5. The quantitative estimate of drug-likeness (QED) is 0.171. The summed E-state index contributed by atoms with van der Waals surface area (Å²) in [5, 5.41) is 10.1. The summed E-state index contributed by atoms with van der Waals surface area (Å²) >= 11 is 1.40. The van der Waals surface area contributed by atoms with E-state index in [1.165, 1.54) is 40.6 Å². The minimum absolute atomic E-state index is 0.0541. The third-order valence-electron chi connectivity index (χ3n) is 4.95. The molecule has 0 aliphatic rings. The molecule has 0 fully saturated rings. The van der Waals surface area contributed by atoms with E-state index in [1.807, 2.05) is 6.07 Å². The minimum Gasteiger partial charge on any atom is -0.294 e. The largest absolute Gasteiger partial charge is 0.294 e. The number of hydrogen-bond donors (Lipinski definition) is 0. The topological polar surface area (TPSA) is 75.8 Å². The van der Waals surface area contributed by atoms with Crippen molar-refractivity contribution in [3.63, 3.8) is 0 Å². The van der Waals surface area contributed by atoms with E-state index in [-0.39, 0.29) is 17.2 Å². The van der Waals surface area contributed by atoms with E-state index in [4.69, 9.17) is 5.26 Å². The maximum Gasteiger partial charge on any atom is 0.266 e. The molecule has 0 atom stereocenters. The molecule has 32 heavy (non-hydrogen) atoms. The van der Waals surface area contributed by atoms with E-state index in [1.54, 1.807) is 42.5 Å². The van der Waals surface area contributed by atoms with Gasteiger partial charge in [0, 0.05) is 17.7 Å². The molecule has 158 valence electrons. The van der Waals surface area contributed by atoms with Gasteiger partial charge in [-0.2, -0.15) is 5.26 Å². The third kappa shape index (κ3) is 4.61. The normalized spacial score (nSPS) is 10.8. The highest BCUT2D eigenvalue weighted by Gasteiger charge is 2.14. The zero-order chi connectivity index (χ0) is 22.5. The summed E-state index contributed by atoms with van der Waals surface area (Å²) in [5.74, 6) is 0.148. The van der Waals surface area contributed by atoms with Crippen molar-refractivity contribution in [1.82, 2.24) is 9.55 Å². The number of benzene rings is 3. The maximum absolute atomic E-state index is 13.2. The molecule has 4 aromatic rings. The number of hydrogen-bond acceptors (Lipinski definition) is 5. The van der Waals surface area contributed by atoms with Crippen LogP contribution in [0.2, 0.25) is 0 Å². The second-order valence-electron chi connectivity index (χ2n) is 7.09. The van der Waals surface area contributed by atoms with Crippen LogP contribution in [0.4, 0.5) is 4.39 Å². The standard InChI is InChI=1S/C25H18FN3O2S/c26-19-11-9-18(10-12-19)23(30)6-3-15-32-25-28-22-5-2-1-4-21(22)24(31)29(25)20-13-7-17(16-27)8-14-20/h1-2,4-5,7-14H,3,6,15H2. The summed E-state index contributed by atoms with van der Waals surface area (Å²) in [5.41, 5.74) is 2.02. The Morgan fingerprint density at radius 1 is 1.03 bits per heavy atom. The Balaban J connectivity index is 1.57. The molecule has 7 heteroatoms. The number of carbonyl (C=O) groups is 1. The Hall–Kier alpha value is -3.76. The van der Waals surface area contributed by atoms with E-state index in [0.717, 1.165) is 0 Å². The smallest absolute Gasteiger partial charge is 0.266 e. The van der Waals surface area contributed by atoms with Crippen LogP contribution < -0.4 is 5.56 Å². The van der Waals surface area contributed by atoms with Crippen molar-refractivity contribution in [1.29, 1.82) is 5.26 Å². The average molecular weight is 444 g/mol. The fourth-order valence-electron chi connectivity index (χ4n) is 3.30. The number of nitriles is 1. The zero-order valence-corrected chi connectivity index (χ0v) is 17.8. The number of nitrogens with zero attached hydrogens (tertiary/aromatic N) is 3. The van der Waals surface area contributed by atoms with Crippen molar-refractivity contribution in [3.8, 4) is 11.8 Å². The first-order valence-electron chi connectivity index (χ1n) is 10.0. The molecule has 0 saturated heterocycles. The van der Waals surface area contributed by atoms with Gasteiger partial charge in [-0.3, -0.25) is 14.2 Å². The number of fused-ring (bicyclic) bond motifs is 1. The van der Waals surface area contributed by atoms with Crippen LogP contribution in [-0.4, -0.2) is 21.1 Å². The second-order valence-corrected chi connectivity index (χ2v) is 8.15. The highest BCUT2D eigenvalue weighted by Crippen LogP contribution is 2.23. The highest BCUT2D eigenvalue weighted by molar-refractivity contribution is 7.99. The van der Waals surface area contributed by atoms with E-state index in [9.17, 15) is 14.0 Å². The predicted octanol–water partition coefficient (Wildman–Crippen LogP) is 5.15. The highest BCUT2D eigenvalue weighted by atomic mass is 32.2. The Kier molecular flexibility index (Phi) is 6.43. The van der Waals surface area contributed by atoms with Gasteiger partial charge in [-0.15, -0.1) is 0 Å². The summed E-state index contributed by atoms with van der Waals surface area (Å²) in [6.45, 7) is 0. The number of thioether (sulfide) groups is 1. The van der Waals surface area contributed by atoms with Crippen molar-refractivity contribution in [2.75, 3.05) is 5.75 Å². The van der Waals surface area contributed by atoms with Crippen molar-refractivity contribution in [3.05, 3.63) is 100 Å². The van der Waals surface area contributed by atoms with Crippen molar-refractivity contribution in [2.45, 2.75) is 18.0 Å². The number of halogens is 1. The Labute approximate surface area is 188 Å². The monoisotopic (exact) mass is 443 g/mol. The van der Waals surface area contributed by atoms with Gasteiger partial charge in [-0.05, 0) is 67.1 Å². The van der Waals surface area contributed by atoms with Gasteiger partial charge in [-0.1, -0.05) is 23.9 Å². The molecular formula is C25H18FN3O2S. The average Bonchev–Trinajstić information content (AvgIpc) is 2.82. The maximum atomic E-state index is 13.2. The summed E-state index contributed by atoms with van der Waals surface area (Å²) < 4.78 is 14.6. The molecule has 0 aliphatic heterocycles. The van der Waals surface area contributed by atoms with Gasteiger partial charge < -0.3 is 0 Å². The first-order chi connectivity index (χ1) is 15.6. The summed E-state index contributed by atoms with van der Waals surface area (Å²) in [7, 11) is 0. The van der Waals surface area contributed by atoms with E-state index in [2.05, 4.69) is 11.1 Å². The van der Waals surface area contributed by atoms with Gasteiger partial charge in [0.25, 0.3) is 5.56 Å². The molecule has 3 aromatic carbocycles. The molecule has 0 spiro atoms. The molecule has 0 amide bonds. The second kappa shape index (κ2) is 9.58. The third-order valence-corrected chi connectivity index (χ3v) is 5.97. The summed E-state index contributed by atoms with van der Waals surface area (Å²) in [4.78, 5) is 30.2. The lowest BCUT2D eigenvalue weighted by atomic mass is 10.1. The van der Waals surface area contributed by atoms with Gasteiger partial charge in [-0.25, -0.2) is 9.37 Å². The predicted molar refractivity (Wildman–Crippen MR) is 123 cm³/mol. The van der Waals surface area contributed by atoms with Gasteiger partial charge in [0.1, 0.15) is 5.82 Å². The van der Waals surface area contributed by atoms with Crippen LogP contribution in [0.25, 0.3) is 16.6 Å². The van der Waals surface area contributed by atoms with Crippen LogP contribution in [0.1, 0.15) is 28.8 Å². The number of para-hydroxylation sites is 1. The van der Waals surface area contributed by atoms with Crippen LogP contribution in [-0.2, 0) is 0 Å². The molecule has 0 aliphatic carbocycles. The molecule has 0 N–H and O–H groups in total. The van der Waals surface area contributed by atoms with Crippen molar-refractivity contribution >= 4 is 28.4 Å². The van der Waals surface area contributed by atoms with Crippen molar-refractivity contribution in [2.24, 2.45) is 0 Å². The molecule has 1 heterocycles. The molecular weight excluding hydrogens is 425 g/mol. The molecule has 0 unspecified atom stereocenters. The number of ketones is 1. The van der Waals surface area contributed by atoms with E-state index >= 15 is 0 Å². The van der Waals surface area contributed by atoms with Crippen LogP contribution in [0, 0.1) is 17.1 Å². The first-order valence-corrected chi connectivity index (χ1v) is 11.0. The SMILES string of the molecule is N#Cc1ccc(-n2c(SCCCC(=O)c3ccc(F)cc3)nc3ccccc3c2=O)cc1. The molecule has 0 radical (unpaired) electrons. The Morgan fingerprint density at radius 2 is 1.75 bits per heavy atom.